The van der Waals surface area contributed by atoms with Gasteiger partial charge in [-0.3, -0.25) is 4.79 Å². The van der Waals surface area contributed by atoms with Crippen LogP contribution < -0.4 is 5.32 Å². The number of ether oxygens (including phenoxy) is 2. The molecular formula is C10H19NO4. The first-order valence-corrected chi connectivity index (χ1v) is 4.90. The van der Waals surface area contributed by atoms with Crippen LogP contribution in [-0.4, -0.2) is 38.7 Å². The number of carbonyl (C=O) groups is 2. The Morgan fingerprint density at radius 2 is 1.87 bits per heavy atom. The quantitative estimate of drug-likeness (QED) is 0.720. The summed E-state index contributed by atoms with van der Waals surface area (Å²) in [5, 5.41) is 2.49. The van der Waals surface area contributed by atoms with Crippen molar-refractivity contribution in [2.24, 2.45) is 5.92 Å². The van der Waals surface area contributed by atoms with Gasteiger partial charge in [-0.05, 0) is 6.42 Å². The smallest absolute Gasteiger partial charge is 0.407 e. The van der Waals surface area contributed by atoms with Crippen LogP contribution in [0.25, 0.3) is 0 Å². The summed E-state index contributed by atoms with van der Waals surface area (Å²) in [6, 6.07) is -0.530. The summed E-state index contributed by atoms with van der Waals surface area (Å²) in [6.07, 6.45) is -0.132. The van der Waals surface area contributed by atoms with Gasteiger partial charge >= 0.3 is 6.09 Å². The molecule has 0 aromatic rings. The molecule has 0 rings (SSSR count). The van der Waals surface area contributed by atoms with Gasteiger partial charge in [-0.15, -0.1) is 0 Å². The highest BCUT2D eigenvalue weighted by Gasteiger charge is 2.22. The Kier molecular flexibility index (Phi) is 6.70. The fourth-order valence-electron chi connectivity index (χ4n) is 1.12. The Morgan fingerprint density at radius 3 is 2.27 bits per heavy atom. The Bertz CT molecular complexity index is 215. The van der Waals surface area contributed by atoms with E-state index in [0.29, 0.717) is 13.0 Å². The maximum Gasteiger partial charge on any atom is 0.407 e. The molecule has 5 nitrogen and oxygen atoms in total. The van der Waals surface area contributed by atoms with E-state index < -0.39 is 12.1 Å². The molecule has 0 bridgehead atoms. The molecule has 0 radical (unpaired) electrons. The third kappa shape index (κ3) is 5.37. The van der Waals surface area contributed by atoms with E-state index in [1.54, 1.807) is 21.0 Å². The standard InChI is InChI=1S/C10H19NO4/c1-7(2)9(12)8(5-6-14-3)11-10(13)15-4/h7-8H,5-6H2,1-4H3,(H,11,13)/t8-/m1/s1. The maximum absolute atomic E-state index is 11.7. The predicted molar refractivity (Wildman–Crippen MR) is 55.7 cm³/mol. The fourth-order valence-corrected chi connectivity index (χ4v) is 1.12. The van der Waals surface area contributed by atoms with Gasteiger partial charge in [0, 0.05) is 19.6 Å². The second-order valence-electron chi connectivity index (χ2n) is 3.53. The zero-order valence-electron chi connectivity index (χ0n) is 9.70. The van der Waals surface area contributed by atoms with E-state index in [4.69, 9.17) is 4.74 Å². The zero-order valence-corrected chi connectivity index (χ0v) is 9.70. The van der Waals surface area contributed by atoms with Gasteiger partial charge < -0.3 is 14.8 Å². The van der Waals surface area contributed by atoms with Crippen LogP contribution in [0.3, 0.4) is 0 Å². The molecule has 0 aromatic heterocycles. The SMILES string of the molecule is COCC[C@@H](NC(=O)OC)C(=O)C(C)C. The van der Waals surface area contributed by atoms with E-state index in [9.17, 15) is 9.59 Å². The van der Waals surface area contributed by atoms with Gasteiger partial charge in [0.1, 0.15) is 0 Å². The van der Waals surface area contributed by atoms with Crippen LogP contribution in [0.15, 0.2) is 0 Å². The van der Waals surface area contributed by atoms with Gasteiger partial charge in [0.15, 0.2) is 5.78 Å². The molecule has 1 N–H and O–H groups in total. The lowest BCUT2D eigenvalue weighted by Gasteiger charge is -2.18. The van der Waals surface area contributed by atoms with E-state index in [-0.39, 0.29) is 11.7 Å². The van der Waals surface area contributed by atoms with Gasteiger partial charge in [-0.25, -0.2) is 4.79 Å². The van der Waals surface area contributed by atoms with Crippen LogP contribution in [0.4, 0.5) is 4.79 Å². The second kappa shape index (κ2) is 7.23. The molecule has 5 heteroatoms. The molecule has 0 aliphatic rings. The zero-order chi connectivity index (χ0) is 11.8. The number of nitrogens with one attached hydrogen (secondary N) is 1. The van der Waals surface area contributed by atoms with Gasteiger partial charge in [0.05, 0.1) is 13.2 Å². The summed E-state index contributed by atoms with van der Waals surface area (Å²) < 4.78 is 9.32. The Labute approximate surface area is 90.1 Å². The molecule has 0 saturated heterocycles. The van der Waals surface area contributed by atoms with Crippen molar-refractivity contribution in [2.75, 3.05) is 20.8 Å². The molecule has 1 atom stereocenters. The minimum absolute atomic E-state index is 0.0162. The number of methoxy groups -OCH3 is 2. The van der Waals surface area contributed by atoms with Crippen molar-refractivity contribution < 1.29 is 19.1 Å². The van der Waals surface area contributed by atoms with Crippen molar-refractivity contribution in [3.63, 3.8) is 0 Å². The highest BCUT2D eigenvalue weighted by Crippen LogP contribution is 2.04. The van der Waals surface area contributed by atoms with Gasteiger partial charge in [-0.2, -0.15) is 0 Å². The third-order valence-electron chi connectivity index (χ3n) is 2.00. The molecule has 0 heterocycles. The summed E-state index contributed by atoms with van der Waals surface area (Å²) in [6.45, 7) is 4.01. The lowest BCUT2D eigenvalue weighted by Crippen LogP contribution is -2.43. The van der Waals surface area contributed by atoms with Crippen molar-refractivity contribution in [3.8, 4) is 0 Å². The summed E-state index contributed by atoms with van der Waals surface area (Å²) >= 11 is 0. The van der Waals surface area contributed by atoms with Crippen LogP contribution in [0, 0.1) is 5.92 Å². The van der Waals surface area contributed by atoms with Gasteiger partial charge in [0.25, 0.3) is 0 Å². The summed E-state index contributed by atoms with van der Waals surface area (Å²) in [5.41, 5.74) is 0. The van der Waals surface area contributed by atoms with Crippen LogP contribution in [0.5, 0.6) is 0 Å². The van der Waals surface area contributed by atoms with Gasteiger partial charge in [0.2, 0.25) is 0 Å². The number of hydrogen-bond acceptors (Lipinski definition) is 4. The molecule has 88 valence electrons. The molecule has 0 fully saturated rings. The average molecular weight is 217 g/mol. The summed E-state index contributed by atoms with van der Waals surface area (Å²) in [4.78, 5) is 22.7. The highest BCUT2D eigenvalue weighted by molar-refractivity contribution is 5.88. The Morgan fingerprint density at radius 1 is 1.27 bits per heavy atom. The molecule has 0 aliphatic carbocycles. The molecule has 0 aromatic carbocycles. The van der Waals surface area contributed by atoms with E-state index >= 15 is 0 Å². The predicted octanol–water partition coefficient (Wildman–Crippen LogP) is 0.973. The van der Waals surface area contributed by atoms with Crippen LogP contribution in [0.2, 0.25) is 0 Å². The van der Waals surface area contributed by atoms with Gasteiger partial charge in [-0.1, -0.05) is 13.8 Å². The number of carbonyl (C=O) groups excluding carboxylic acids is 2. The first-order valence-electron chi connectivity index (χ1n) is 4.90. The van der Waals surface area contributed by atoms with Crippen molar-refractivity contribution in [1.82, 2.24) is 5.32 Å². The minimum atomic E-state index is -0.592. The minimum Gasteiger partial charge on any atom is -0.453 e. The van der Waals surface area contributed by atoms with E-state index in [0.717, 1.165) is 0 Å². The number of rotatable bonds is 6. The maximum atomic E-state index is 11.7. The third-order valence-corrected chi connectivity index (χ3v) is 2.00. The summed E-state index contributed by atoms with van der Waals surface area (Å²) in [7, 11) is 2.82. The number of amides is 1. The molecule has 1 amide bonds. The van der Waals surface area contributed by atoms with Crippen LogP contribution in [0.1, 0.15) is 20.3 Å². The largest absolute Gasteiger partial charge is 0.453 e. The van der Waals surface area contributed by atoms with Crippen LogP contribution in [-0.2, 0) is 14.3 Å². The van der Waals surface area contributed by atoms with Crippen molar-refractivity contribution in [1.29, 1.82) is 0 Å². The molecule has 0 aliphatic heterocycles. The number of ketones is 1. The molecule has 0 saturated carbocycles. The van der Waals surface area contributed by atoms with Crippen molar-refractivity contribution in [2.45, 2.75) is 26.3 Å². The van der Waals surface area contributed by atoms with Crippen LogP contribution >= 0.6 is 0 Å². The number of Topliss-reactive ketones (excluding diaryl/α,β-unsaturated/α-hetero) is 1. The molecule has 0 spiro atoms. The highest BCUT2D eigenvalue weighted by atomic mass is 16.5. The summed E-state index contributed by atoms with van der Waals surface area (Å²) in [5.74, 6) is -0.138. The lowest BCUT2D eigenvalue weighted by atomic mass is 10.00. The topological polar surface area (TPSA) is 64.6 Å². The first-order chi connectivity index (χ1) is 7.02. The molecule has 0 unspecified atom stereocenters. The second-order valence-corrected chi connectivity index (χ2v) is 3.53. The van der Waals surface area contributed by atoms with Crippen molar-refractivity contribution in [3.05, 3.63) is 0 Å². The van der Waals surface area contributed by atoms with E-state index in [2.05, 4.69) is 10.1 Å². The first kappa shape index (κ1) is 13.9. The van der Waals surface area contributed by atoms with E-state index in [1.807, 2.05) is 0 Å². The van der Waals surface area contributed by atoms with E-state index in [1.165, 1.54) is 7.11 Å². The van der Waals surface area contributed by atoms with Crippen molar-refractivity contribution >= 4 is 11.9 Å². The molecule has 15 heavy (non-hydrogen) atoms. The number of alkyl carbamates (subject to hydrolysis) is 1. The monoisotopic (exact) mass is 217 g/mol. The number of hydrogen-bond donors (Lipinski definition) is 1. The molecular weight excluding hydrogens is 198 g/mol. The lowest BCUT2D eigenvalue weighted by molar-refractivity contribution is -0.124. The fraction of sp³-hybridized carbons (Fsp3) is 0.800. The Balaban J connectivity index is 4.29. The average Bonchev–Trinajstić information content (AvgIpc) is 2.22. The normalized spacial score (nSPS) is 12.3. The Hall–Kier alpha value is -1.10.